The molecule has 0 aliphatic carbocycles. The molecule has 1 aromatic rings. The van der Waals surface area contributed by atoms with Gasteiger partial charge in [-0.05, 0) is 6.92 Å². The van der Waals surface area contributed by atoms with Crippen molar-refractivity contribution < 1.29 is 4.79 Å². The largest absolute Gasteiger partial charge is 0.309 e. The monoisotopic (exact) mass is 241 g/mol. The highest BCUT2D eigenvalue weighted by Gasteiger charge is 2.13. The van der Waals surface area contributed by atoms with Crippen LogP contribution >= 0.6 is 11.3 Å². The van der Waals surface area contributed by atoms with Gasteiger partial charge in [-0.25, -0.2) is 4.98 Å². The molecule has 0 aliphatic heterocycles. The minimum atomic E-state index is 0.0419. The van der Waals surface area contributed by atoms with Crippen molar-refractivity contribution in [3.8, 4) is 0 Å². The Balaban J connectivity index is 2.66. The number of thiazole rings is 1. The molecule has 1 aromatic heterocycles. The normalized spacial score (nSPS) is 10.8. The summed E-state index contributed by atoms with van der Waals surface area (Å²) in [4.78, 5) is 17.4. The maximum atomic E-state index is 11.3. The number of rotatable bonds is 5. The summed E-state index contributed by atoms with van der Waals surface area (Å²) in [7, 11) is 0. The number of carbonyl (C=O) groups excluding carboxylic acids is 1. The second-order valence-corrected chi connectivity index (χ2v) is 4.76. The molecule has 5 heteroatoms. The Morgan fingerprint density at radius 3 is 2.81 bits per heavy atom. The third-order valence-corrected chi connectivity index (χ3v) is 3.07. The number of nitrogens with zero attached hydrogens (tertiary/aromatic N) is 2. The van der Waals surface area contributed by atoms with Crippen LogP contribution in [-0.4, -0.2) is 23.5 Å². The Kier molecular flexibility index (Phi) is 4.89. The van der Waals surface area contributed by atoms with Crippen molar-refractivity contribution in [1.29, 1.82) is 0 Å². The van der Waals surface area contributed by atoms with Gasteiger partial charge in [-0.15, -0.1) is 11.3 Å². The lowest BCUT2D eigenvalue weighted by Crippen LogP contribution is -2.28. The maximum absolute atomic E-state index is 11.3. The van der Waals surface area contributed by atoms with Gasteiger partial charge in [0.15, 0.2) is 5.13 Å². The highest BCUT2D eigenvalue weighted by molar-refractivity contribution is 7.14. The van der Waals surface area contributed by atoms with Crippen LogP contribution in [0.2, 0.25) is 0 Å². The van der Waals surface area contributed by atoms with Gasteiger partial charge in [0.1, 0.15) is 0 Å². The van der Waals surface area contributed by atoms with E-state index in [9.17, 15) is 4.79 Å². The number of anilines is 1. The van der Waals surface area contributed by atoms with Crippen LogP contribution in [0.3, 0.4) is 0 Å². The van der Waals surface area contributed by atoms with Crippen molar-refractivity contribution in [2.75, 3.05) is 11.4 Å². The Hall–Kier alpha value is -0.940. The van der Waals surface area contributed by atoms with Gasteiger partial charge < -0.3 is 5.32 Å². The first-order chi connectivity index (χ1) is 7.54. The van der Waals surface area contributed by atoms with E-state index in [0.717, 1.165) is 17.4 Å². The topological polar surface area (TPSA) is 45.2 Å². The molecule has 0 atom stereocenters. The molecule has 0 fully saturated rings. The number of amides is 1. The number of nitrogens with one attached hydrogen (secondary N) is 1. The fraction of sp³-hybridized carbons (Fsp3) is 0.636. The van der Waals surface area contributed by atoms with Gasteiger partial charge in [0.05, 0.1) is 5.69 Å². The van der Waals surface area contributed by atoms with Crippen molar-refractivity contribution >= 4 is 22.4 Å². The molecule has 16 heavy (non-hydrogen) atoms. The lowest BCUT2D eigenvalue weighted by Gasteiger charge is -2.14. The standard InChI is InChI=1S/C11H19N3OS/c1-5-14(9(4)15)11-13-10(7-16-11)6-12-8(2)3/h7-8,12H,5-6H2,1-4H3. The minimum Gasteiger partial charge on any atom is -0.309 e. The molecule has 0 aromatic carbocycles. The third-order valence-electron chi connectivity index (χ3n) is 2.16. The molecule has 4 nitrogen and oxygen atoms in total. The van der Waals surface area contributed by atoms with Gasteiger partial charge in [0.2, 0.25) is 5.91 Å². The van der Waals surface area contributed by atoms with Gasteiger partial charge in [0.25, 0.3) is 0 Å². The molecule has 1 rings (SSSR count). The Labute approximate surface area is 101 Å². The van der Waals surface area contributed by atoms with Crippen LogP contribution in [0.5, 0.6) is 0 Å². The first-order valence-electron chi connectivity index (χ1n) is 5.50. The average molecular weight is 241 g/mol. The summed E-state index contributed by atoms with van der Waals surface area (Å²) < 4.78 is 0. The predicted molar refractivity (Wildman–Crippen MR) is 67.8 cm³/mol. The molecule has 0 saturated carbocycles. The number of carbonyl (C=O) groups is 1. The van der Waals surface area contributed by atoms with Crippen molar-refractivity contribution in [2.45, 2.75) is 40.3 Å². The molecule has 0 unspecified atom stereocenters. The summed E-state index contributed by atoms with van der Waals surface area (Å²) in [5.41, 5.74) is 0.994. The van der Waals surface area contributed by atoms with Crippen LogP contribution in [0.25, 0.3) is 0 Å². The summed E-state index contributed by atoms with van der Waals surface area (Å²) in [5, 5.41) is 6.09. The van der Waals surface area contributed by atoms with Crippen LogP contribution in [0, 0.1) is 0 Å². The van der Waals surface area contributed by atoms with Crippen LogP contribution in [0.4, 0.5) is 5.13 Å². The molecule has 0 bridgehead atoms. The zero-order valence-corrected chi connectivity index (χ0v) is 11.1. The van der Waals surface area contributed by atoms with E-state index >= 15 is 0 Å². The fourth-order valence-corrected chi connectivity index (χ4v) is 2.24. The van der Waals surface area contributed by atoms with E-state index in [1.807, 2.05) is 12.3 Å². The smallest absolute Gasteiger partial charge is 0.225 e. The van der Waals surface area contributed by atoms with E-state index < -0.39 is 0 Å². The molecule has 90 valence electrons. The summed E-state index contributed by atoms with van der Waals surface area (Å²) in [5.74, 6) is 0.0419. The zero-order valence-electron chi connectivity index (χ0n) is 10.3. The van der Waals surface area contributed by atoms with Crippen molar-refractivity contribution in [1.82, 2.24) is 10.3 Å². The number of aromatic nitrogens is 1. The maximum Gasteiger partial charge on any atom is 0.225 e. The zero-order chi connectivity index (χ0) is 12.1. The van der Waals surface area contributed by atoms with Crippen LogP contribution in [0.15, 0.2) is 5.38 Å². The molecular formula is C11H19N3OS. The van der Waals surface area contributed by atoms with Gasteiger partial charge >= 0.3 is 0 Å². The summed E-state index contributed by atoms with van der Waals surface area (Å²) in [6.07, 6.45) is 0. The lowest BCUT2D eigenvalue weighted by atomic mass is 10.4. The highest BCUT2D eigenvalue weighted by Crippen LogP contribution is 2.20. The molecule has 0 saturated heterocycles. The summed E-state index contributed by atoms with van der Waals surface area (Å²) in [6.45, 7) is 9.14. The van der Waals surface area contributed by atoms with Gasteiger partial charge in [-0.1, -0.05) is 13.8 Å². The third kappa shape index (κ3) is 3.57. The lowest BCUT2D eigenvalue weighted by molar-refractivity contribution is -0.116. The highest BCUT2D eigenvalue weighted by atomic mass is 32.1. The molecule has 0 radical (unpaired) electrons. The Morgan fingerprint density at radius 1 is 1.62 bits per heavy atom. The van der Waals surface area contributed by atoms with Gasteiger partial charge in [-0.2, -0.15) is 0 Å². The van der Waals surface area contributed by atoms with E-state index in [1.54, 1.807) is 11.8 Å². The first-order valence-corrected chi connectivity index (χ1v) is 6.38. The van der Waals surface area contributed by atoms with E-state index in [-0.39, 0.29) is 5.91 Å². The van der Waals surface area contributed by atoms with Crippen LogP contribution < -0.4 is 10.2 Å². The average Bonchev–Trinajstić information content (AvgIpc) is 2.64. The Bertz CT molecular complexity index is 349. The molecular weight excluding hydrogens is 222 g/mol. The molecule has 1 N–H and O–H groups in total. The Morgan fingerprint density at radius 2 is 2.31 bits per heavy atom. The number of hydrogen-bond acceptors (Lipinski definition) is 4. The van der Waals surface area contributed by atoms with E-state index in [4.69, 9.17) is 0 Å². The number of hydrogen-bond donors (Lipinski definition) is 1. The van der Waals surface area contributed by atoms with Crippen LogP contribution in [0.1, 0.15) is 33.4 Å². The molecule has 1 heterocycles. The first kappa shape index (κ1) is 13.1. The van der Waals surface area contributed by atoms with E-state index in [1.165, 1.54) is 11.3 Å². The summed E-state index contributed by atoms with van der Waals surface area (Å²) in [6, 6.07) is 0.445. The van der Waals surface area contributed by atoms with E-state index in [0.29, 0.717) is 12.6 Å². The molecule has 0 aliphatic rings. The predicted octanol–water partition coefficient (Wildman–Crippen LogP) is 2.01. The summed E-state index contributed by atoms with van der Waals surface area (Å²) >= 11 is 1.52. The van der Waals surface area contributed by atoms with Crippen molar-refractivity contribution in [3.63, 3.8) is 0 Å². The molecule has 0 spiro atoms. The SMILES string of the molecule is CCN(C(C)=O)c1nc(CNC(C)C)cs1. The van der Waals surface area contributed by atoms with E-state index in [2.05, 4.69) is 24.1 Å². The van der Waals surface area contributed by atoms with Crippen LogP contribution in [-0.2, 0) is 11.3 Å². The van der Waals surface area contributed by atoms with Crippen molar-refractivity contribution in [2.24, 2.45) is 0 Å². The van der Waals surface area contributed by atoms with Crippen molar-refractivity contribution in [3.05, 3.63) is 11.1 Å². The van der Waals surface area contributed by atoms with Gasteiger partial charge in [0, 0.05) is 31.4 Å². The quantitative estimate of drug-likeness (QED) is 0.857. The molecule has 1 amide bonds. The minimum absolute atomic E-state index is 0.0419. The fourth-order valence-electron chi connectivity index (χ4n) is 1.30. The second-order valence-electron chi connectivity index (χ2n) is 3.92. The van der Waals surface area contributed by atoms with Gasteiger partial charge in [-0.3, -0.25) is 9.69 Å². The second kappa shape index (κ2) is 5.96.